The van der Waals surface area contributed by atoms with Crippen molar-refractivity contribution in [2.75, 3.05) is 26.2 Å². The zero-order valence-corrected chi connectivity index (χ0v) is 13.2. The van der Waals surface area contributed by atoms with Gasteiger partial charge in [0.15, 0.2) is 5.69 Å². The second kappa shape index (κ2) is 6.52. The van der Waals surface area contributed by atoms with Gasteiger partial charge in [0.2, 0.25) is 10.0 Å². The van der Waals surface area contributed by atoms with Crippen molar-refractivity contribution < 1.29 is 8.42 Å². The molecule has 7 heteroatoms. The zero-order valence-electron chi connectivity index (χ0n) is 12.4. The van der Waals surface area contributed by atoms with Crippen LogP contribution < -0.4 is 0 Å². The summed E-state index contributed by atoms with van der Waals surface area (Å²) in [5.74, 6) is 0. The number of nitrogens with zero attached hydrogens (tertiary/aromatic N) is 4. The third-order valence-corrected chi connectivity index (χ3v) is 5.85. The molecule has 1 fully saturated rings. The summed E-state index contributed by atoms with van der Waals surface area (Å²) in [6.45, 7) is 6.94. The number of hydrogen-bond donors (Lipinski definition) is 0. The van der Waals surface area contributed by atoms with Crippen LogP contribution in [0.25, 0.3) is 0 Å². The quantitative estimate of drug-likeness (QED) is 0.813. The minimum Gasteiger partial charge on any atom is -0.300 e. The Kier molecular flexibility index (Phi) is 4.93. The fourth-order valence-electron chi connectivity index (χ4n) is 2.79. The van der Waals surface area contributed by atoms with Crippen molar-refractivity contribution in [3.63, 3.8) is 0 Å². The molecule has 0 bridgehead atoms. The summed E-state index contributed by atoms with van der Waals surface area (Å²) < 4.78 is 26.8. The Morgan fingerprint density at radius 3 is 2.81 bits per heavy atom. The van der Waals surface area contributed by atoms with E-state index in [9.17, 15) is 8.42 Å². The molecule has 0 radical (unpaired) electrons. The number of pyridine rings is 1. The fraction of sp³-hybridized carbons (Fsp3) is 0.571. The molecule has 1 aliphatic heterocycles. The molecule has 1 saturated heterocycles. The Morgan fingerprint density at radius 1 is 1.48 bits per heavy atom. The Labute approximate surface area is 126 Å². The van der Waals surface area contributed by atoms with Crippen LogP contribution in [-0.4, -0.2) is 54.8 Å². The second-order valence-corrected chi connectivity index (χ2v) is 6.90. The van der Waals surface area contributed by atoms with E-state index in [1.807, 2.05) is 6.07 Å². The van der Waals surface area contributed by atoms with E-state index in [1.54, 1.807) is 6.07 Å². The maximum absolute atomic E-state index is 12.7. The van der Waals surface area contributed by atoms with Gasteiger partial charge in [0, 0.05) is 25.3 Å². The highest BCUT2D eigenvalue weighted by atomic mass is 32.2. The van der Waals surface area contributed by atoms with Crippen molar-refractivity contribution in [2.45, 2.75) is 31.2 Å². The number of hydrogen-bond acceptors (Lipinski definition) is 5. The number of likely N-dealkylation sites (N-methyl/N-ethyl adjacent to an activating group) is 1. The summed E-state index contributed by atoms with van der Waals surface area (Å²) in [4.78, 5) is 6.12. The molecule has 2 heterocycles. The van der Waals surface area contributed by atoms with Crippen molar-refractivity contribution in [3.05, 3.63) is 24.0 Å². The van der Waals surface area contributed by atoms with E-state index in [1.165, 1.54) is 16.6 Å². The van der Waals surface area contributed by atoms with Crippen molar-refractivity contribution in [3.8, 4) is 6.07 Å². The van der Waals surface area contributed by atoms with Crippen molar-refractivity contribution in [1.29, 1.82) is 5.26 Å². The molecule has 0 aromatic carbocycles. The largest absolute Gasteiger partial charge is 0.300 e. The van der Waals surface area contributed by atoms with Crippen LogP contribution in [0.1, 0.15) is 26.0 Å². The molecule has 0 spiro atoms. The molecule has 114 valence electrons. The third-order valence-electron chi connectivity index (χ3n) is 3.95. The van der Waals surface area contributed by atoms with Crippen LogP contribution >= 0.6 is 0 Å². The minimum atomic E-state index is -3.64. The Balaban J connectivity index is 2.24. The van der Waals surface area contributed by atoms with Crippen LogP contribution in [0, 0.1) is 11.3 Å². The molecule has 1 aliphatic rings. The predicted octanol–water partition coefficient (Wildman–Crippen LogP) is 1.06. The summed E-state index contributed by atoms with van der Waals surface area (Å²) in [6, 6.07) is 5.10. The van der Waals surface area contributed by atoms with Crippen LogP contribution in [-0.2, 0) is 10.0 Å². The lowest BCUT2D eigenvalue weighted by Crippen LogP contribution is -2.38. The highest BCUT2D eigenvalue weighted by Gasteiger charge is 2.35. The van der Waals surface area contributed by atoms with E-state index in [0.29, 0.717) is 13.1 Å². The Bertz CT molecular complexity index is 635. The smallest absolute Gasteiger partial charge is 0.246 e. The van der Waals surface area contributed by atoms with Crippen molar-refractivity contribution >= 4 is 10.0 Å². The molecule has 0 amide bonds. The van der Waals surface area contributed by atoms with Gasteiger partial charge >= 0.3 is 0 Å². The summed E-state index contributed by atoms with van der Waals surface area (Å²) >= 11 is 0. The number of rotatable bonds is 5. The van der Waals surface area contributed by atoms with Gasteiger partial charge in [0.25, 0.3) is 0 Å². The summed E-state index contributed by atoms with van der Waals surface area (Å²) in [5, 5.41) is 9.04. The molecule has 0 aliphatic carbocycles. The monoisotopic (exact) mass is 308 g/mol. The zero-order chi connectivity index (χ0) is 15.5. The molecule has 1 atom stereocenters. The standard InChI is InChI=1S/C14H20N4O2S/c1-3-17(4-2)12-7-9-18(11-12)21(19,20)14-6-5-8-16-13(14)10-15/h5-6,8,12H,3-4,7,9,11H2,1-2H3. The lowest BCUT2D eigenvalue weighted by Gasteiger charge is -2.26. The highest BCUT2D eigenvalue weighted by molar-refractivity contribution is 7.89. The lowest BCUT2D eigenvalue weighted by atomic mass is 10.2. The van der Waals surface area contributed by atoms with Gasteiger partial charge in [-0.05, 0) is 31.6 Å². The Morgan fingerprint density at radius 2 is 2.19 bits per heavy atom. The Hall–Kier alpha value is -1.49. The first-order valence-corrected chi connectivity index (χ1v) is 8.57. The normalized spacial score (nSPS) is 19.8. The van der Waals surface area contributed by atoms with Gasteiger partial charge in [-0.2, -0.15) is 9.57 Å². The molecule has 6 nitrogen and oxygen atoms in total. The van der Waals surface area contributed by atoms with E-state index >= 15 is 0 Å². The second-order valence-electron chi connectivity index (χ2n) is 4.99. The van der Waals surface area contributed by atoms with E-state index in [4.69, 9.17) is 5.26 Å². The topological polar surface area (TPSA) is 77.3 Å². The maximum atomic E-state index is 12.7. The van der Waals surface area contributed by atoms with E-state index in [2.05, 4.69) is 23.7 Å². The lowest BCUT2D eigenvalue weighted by molar-refractivity contribution is 0.224. The highest BCUT2D eigenvalue weighted by Crippen LogP contribution is 2.24. The fourth-order valence-corrected chi connectivity index (χ4v) is 4.37. The first-order valence-electron chi connectivity index (χ1n) is 7.13. The molecule has 0 N–H and O–H groups in total. The van der Waals surface area contributed by atoms with Crippen LogP contribution in [0.5, 0.6) is 0 Å². The van der Waals surface area contributed by atoms with E-state index < -0.39 is 10.0 Å². The van der Waals surface area contributed by atoms with Gasteiger partial charge in [0.05, 0.1) is 0 Å². The maximum Gasteiger partial charge on any atom is 0.246 e. The van der Waals surface area contributed by atoms with Gasteiger partial charge in [-0.15, -0.1) is 0 Å². The summed E-state index contributed by atoms with van der Waals surface area (Å²) in [7, 11) is -3.64. The number of aromatic nitrogens is 1. The molecular weight excluding hydrogens is 288 g/mol. The number of nitriles is 1. The van der Waals surface area contributed by atoms with Crippen molar-refractivity contribution in [1.82, 2.24) is 14.2 Å². The summed E-state index contributed by atoms with van der Waals surface area (Å²) in [6.07, 6.45) is 2.25. The average molecular weight is 308 g/mol. The average Bonchev–Trinajstić information content (AvgIpc) is 2.99. The molecule has 21 heavy (non-hydrogen) atoms. The van der Waals surface area contributed by atoms with E-state index in [0.717, 1.165) is 19.5 Å². The molecule has 1 unspecified atom stereocenters. The van der Waals surface area contributed by atoms with Crippen LogP contribution in [0.15, 0.2) is 23.2 Å². The van der Waals surface area contributed by atoms with Gasteiger partial charge in [-0.3, -0.25) is 4.90 Å². The first kappa shape index (κ1) is 15.9. The third kappa shape index (κ3) is 3.07. The van der Waals surface area contributed by atoms with E-state index in [-0.39, 0.29) is 16.6 Å². The molecule has 0 saturated carbocycles. The first-order chi connectivity index (χ1) is 10.0. The van der Waals surface area contributed by atoms with Gasteiger partial charge in [-0.25, -0.2) is 13.4 Å². The SMILES string of the molecule is CCN(CC)C1CCN(S(=O)(=O)c2cccnc2C#N)C1. The van der Waals surface area contributed by atoms with Crippen LogP contribution in [0.3, 0.4) is 0 Å². The van der Waals surface area contributed by atoms with Gasteiger partial charge in [0.1, 0.15) is 11.0 Å². The van der Waals surface area contributed by atoms with Gasteiger partial charge in [-0.1, -0.05) is 13.8 Å². The molecular formula is C14H20N4O2S. The molecule has 1 aromatic heterocycles. The van der Waals surface area contributed by atoms with Gasteiger partial charge < -0.3 is 0 Å². The summed E-state index contributed by atoms with van der Waals surface area (Å²) in [5.41, 5.74) is -0.0382. The number of sulfonamides is 1. The minimum absolute atomic E-state index is 0.00713. The van der Waals surface area contributed by atoms with Crippen molar-refractivity contribution in [2.24, 2.45) is 0 Å². The van der Waals surface area contributed by atoms with Crippen LogP contribution in [0.2, 0.25) is 0 Å². The van der Waals surface area contributed by atoms with Crippen LogP contribution in [0.4, 0.5) is 0 Å². The molecule has 1 aromatic rings. The predicted molar refractivity (Wildman–Crippen MR) is 79.0 cm³/mol. The molecule has 2 rings (SSSR count).